The lowest BCUT2D eigenvalue weighted by molar-refractivity contribution is -0.130. The number of nitrogens with one attached hydrogen (secondary N) is 2. The smallest absolute Gasteiger partial charge is 0.250 e. The Morgan fingerprint density at radius 3 is 2.43 bits per heavy atom. The molecule has 2 aromatic rings. The summed E-state index contributed by atoms with van der Waals surface area (Å²) in [5.41, 5.74) is 0.655. The van der Waals surface area contributed by atoms with Crippen molar-refractivity contribution in [3.8, 4) is 0 Å². The van der Waals surface area contributed by atoms with Crippen LogP contribution >= 0.6 is 11.6 Å². The van der Waals surface area contributed by atoms with Crippen LogP contribution < -0.4 is 15.5 Å². The van der Waals surface area contributed by atoms with E-state index in [2.05, 4.69) is 24.5 Å². The van der Waals surface area contributed by atoms with Crippen LogP contribution in [0.5, 0.6) is 0 Å². The Labute approximate surface area is 179 Å². The van der Waals surface area contributed by atoms with Gasteiger partial charge in [0.05, 0.1) is 17.5 Å². The van der Waals surface area contributed by atoms with Gasteiger partial charge in [0.25, 0.3) is 0 Å². The number of para-hydroxylation sites is 1. The van der Waals surface area contributed by atoms with Crippen molar-refractivity contribution in [3.05, 3.63) is 59.1 Å². The van der Waals surface area contributed by atoms with E-state index in [1.807, 2.05) is 24.3 Å². The Morgan fingerprint density at radius 2 is 1.73 bits per heavy atom. The summed E-state index contributed by atoms with van der Waals surface area (Å²) in [6, 6.07) is 13.7. The van der Waals surface area contributed by atoms with Gasteiger partial charge in [0, 0.05) is 22.3 Å². The van der Waals surface area contributed by atoms with E-state index in [1.54, 1.807) is 24.3 Å². The number of anilines is 2. The summed E-state index contributed by atoms with van der Waals surface area (Å²) in [4.78, 5) is 41.7. The van der Waals surface area contributed by atoms with Crippen LogP contribution in [0.15, 0.2) is 48.5 Å². The van der Waals surface area contributed by atoms with Gasteiger partial charge in [-0.3, -0.25) is 19.7 Å². The van der Waals surface area contributed by atoms with Crippen LogP contribution in [-0.2, 0) is 19.9 Å². The minimum atomic E-state index is -1.24. The highest BCUT2D eigenvalue weighted by atomic mass is 35.5. The maximum atomic E-state index is 13.7. The molecular formula is C23H22ClN3O3. The fourth-order valence-electron chi connectivity index (χ4n) is 5.31. The van der Waals surface area contributed by atoms with Gasteiger partial charge in [-0.25, -0.2) is 4.90 Å². The minimum Gasteiger partial charge on any atom is -0.324 e. The highest BCUT2D eigenvalue weighted by molar-refractivity contribution is 6.31. The molecule has 0 aromatic heterocycles. The molecule has 0 saturated carbocycles. The number of imide groups is 1. The fourth-order valence-corrected chi connectivity index (χ4v) is 5.44. The van der Waals surface area contributed by atoms with Gasteiger partial charge in [-0.1, -0.05) is 43.6 Å². The van der Waals surface area contributed by atoms with E-state index in [0.29, 0.717) is 28.7 Å². The zero-order chi connectivity index (χ0) is 21.2. The van der Waals surface area contributed by atoms with Crippen LogP contribution in [0.25, 0.3) is 0 Å². The number of carbonyl (C=O) groups is 3. The molecule has 0 aliphatic carbocycles. The van der Waals surface area contributed by atoms with Crippen LogP contribution in [0.4, 0.5) is 11.4 Å². The molecule has 6 nitrogen and oxygen atoms in total. The van der Waals surface area contributed by atoms with E-state index >= 15 is 0 Å². The molecule has 2 N–H and O–H groups in total. The number of benzene rings is 2. The third-order valence-corrected chi connectivity index (χ3v) is 6.68. The standard InChI is InChI=1S/C23H22ClN3O3/c1-12(2)11-17-18-19(21(29)27(20(18)28)14-9-7-13(24)8-10-14)23(26-17)15-5-3-4-6-16(15)25-22(23)30/h3-10,12,17-19,26H,11H2,1-2H3,(H,25,30)/t17-,18+,19+,23-/m1/s1. The van der Waals surface area contributed by atoms with Gasteiger partial charge in [0.2, 0.25) is 17.7 Å². The van der Waals surface area contributed by atoms with Crippen molar-refractivity contribution in [1.29, 1.82) is 0 Å². The molecule has 2 saturated heterocycles. The van der Waals surface area contributed by atoms with Crippen molar-refractivity contribution < 1.29 is 14.4 Å². The molecular weight excluding hydrogens is 402 g/mol. The van der Waals surface area contributed by atoms with Crippen molar-refractivity contribution in [2.75, 3.05) is 10.2 Å². The number of carbonyl (C=O) groups excluding carboxylic acids is 3. The number of nitrogens with zero attached hydrogens (tertiary/aromatic N) is 1. The summed E-state index contributed by atoms with van der Waals surface area (Å²) in [6.07, 6.45) is 0.686. The molecule has 3 aliphatic heterocycles. The fraction of sp³-hybridized carbons (Fsp3) is 0.348. The largest absolute Gasteiger partial charge is 0.324 e. The third kappa shape index (κ3) is 2.50. The molecule has 3 heterocycles. The summed E-state index contributed by atoms with van der Waals surface area (Å²) < 4.78 is 0. The molecule has 5 rings (SSSR count). The Morgan fingerprint density at radius 1 is 1.03 bits per heavy atom. The van der Waals surface area contributed by atoms with Gasteiger partial charge < -0.3 is 5.32 Å². The molecule has 0 bridgehead atoms. The lowest BCUT2D eigenvalue weighted by Gasteiger charge is -2.29. The van der Waals surface area contributed by atoms with Gasteiger partial charge >= 0.3 is 0 Å². The number of halogens is 1. The van der Waals surface area contributed by atoms with Gasteiger partial charge in [-0.15, -0.1) is 0 Å². The van der Waals surface area contributed by atoms with Gasteiger partial charge in [-0.2, -0.15) is 0 Å². The quantitative estimate of drug-likeness (QED) is 0.742. The van der Waals surface area contributed by atoms with Crippen LogP contribution in [0.3, 0.4) is 0 Å². The van der Waals surface area contributed by atoms with E-state index in [1.165, 1.54) is 4.90 Å². The molecule has 4 atom stereocenters. The number of fused-ring (bicyclic) bond motifs is 4. The van der Waals surface area contributed by atoms with Crippen molar-refractivity contribution in [2.24, 2.45) is 17.8 Å². The second-order valence-corrected chi connectivity index (χ2v) is 9.12. The zero-order valence-corrected chi connectivity index (χ0v) is 17.4. The average Bonchev–Trinajstić information content (AvgIpc) is 3.27. The summed E-state index contributed by atoms with van der Waals surface area (Å²) in [7, 11) is 0. The van der Waals surface area contributed by atoms with Crippen LogP contribution in [0.1, 0.15) is 25.8 Å². The summed E-state index contributed by atoms with van der Waals surface area (Å²) in [5, 5.41) is 6.89. The Balaban J connectivity index is 1.66. The molecule has 3 amide bonds. The van der Waals surface area contributed by atoms with Gasteiger partial charge in [-0.05, 0) is 42.7 Å². The topological polar surface area (TPSA) is 78.5 Å². The molecule has 3 aliphatic rings. The highest BCUT2D eigenvalue weighted by Crippen LogP contribution is 2.54. The Hall–Kier alpha value is -2.70. The Bertz CT molecular complexity index is 1070. The molecule has 0 radical (unpaired) electrons. The first-order valence-corrected chi connectivity index (χ1v) is 10.5. The van der Waals surface area contributed by atoms with E-state index in [4.69, 9.17) is 11.6 Å². The second-order valence-electron chi connectivity index (χ2n) is 8.68. The number of hydrogen-bond acceptors (Lipinski definition) is 4. The van der Waals surface area contributed by atoms with Crippen LogP contribution in [-0.4, -0.2) is 23.8 Å². The zero-order valence-electron chi connectivity index (χ0n) is 16.7. The summed E-state index contributed by atoms with van der Waals surface area (Å²) in [5.74, 6) is -1.99. The molecule has 0 unspecified atom stereocenters. The number of amides is 3. The predicted octanol–water partition coefficient (Wildman–Crippen LogP) is 3.31. The first-order valence-electron chi connectivity index (χ1n) is 10.2. The summed E-state index contributed by atoms with van der Waals surface area (Å²) in [6.45, 7) is 4.14. The first-order chi connectivity index (χ1) is 14.3. The molecule has 154 valence electrons. The summed E-state index contributed by atoms with van der Waals surface area (Å²) >= 11 is 5.99. The predicted molar refractivity (Wildman–Crippen MR) is 114 cm³/mol. The number of rotatable bonds is 3. The second kappa shape index (κ2) is 6.65. The minimum absolute atomic E-state index is 0.264. The van der Waals surface area contributed by atoms with Crippen molar-refractivity contribution in [2.45, 2.75) is 31.8 Å². The average molecular weight is 424 g/mol. The van der Waals surface area contributed by atoms with Crippen molar-refractivity contribution >= 4 is 40.7 Å². The van der Waals surface area contributed by atoms with Gasteiger partial charge in [0.1, 0.15) is 5.54 Å². The lowest BCUT2D eigenvalue weighted by atomic mass is 9.76. The van der Waals surface area contributed by atoms with Crippen molar-refractivity contribution in [1.82, 2.24) is 5.32 Å². The third-order valence-electron chi connectivity index (χ3n) is 6.43. The van der Waals surface area contributed by atoms with Crippen LogP contribution in [0.2, 0.25) is 5.02 Å². The van der Waals surface area contributed by atoms with Crippen LogP contribution in [0, 0.1) is 17.8 Å². The van der Waals surface area contributed by atoms with E-state index < -0.39 is 17.4 Å². The highest BCUT2D eigenvalue weighted by Gasteiger charge is 2.70. The molecule has 2 aromatic carbocycles. The van der Waals surface area contributed by atoms with E-state index in [9.17, 15) is 14.4 Å². The monoisotopic (exact) mass is 423 g/mol. The maximum absolute atomic E-state index is 13.7. The van der Waals surface area contributed by atoms with E-state index in [0.717, 1.165) is 5.56 Å². The molecule has 2 fully saturated rings. The molecule has 1 spiro atoms. The Kier molecular flexibility index (Phi) is 4.27. The number of hydrogen-bond donors (Lipinski definition) is 2. The molecule has 30 heavy (non-hydrogen) atoms. The first kappa shape index (κ1) is 19.3. The molecule has 7 heteroatoms. The maximum Gasteiger partial charge on any atom is 0.250 e. The van der Waals surface area contributed by atoms with Gasteiger partial charge in [0.15, 0.2) is 0 Å². The lowest BCUT2D eigenvalue weighted by Crippen LogP contribution is -2.53. The SMILES string of the molecule is CC(C)C[C@H]1N[C@@]2(C(=O)Nc3ccccc32)[C@@H]2C(=O)N(c3ccc(Cl)cc3)C(=O)[C@H]21. The van der Waals surface area contributed by atoms with Crippen molar-refractivity contribution in [3.63, 3.8) is 0 Å². The normalized spacial score (nSPS) is 29.7. The van der Waals surface area contributed by atoms with E-state index in [-0.39, 0.29) is 23.8 Å².